The molecule has 0 heterocycles. The molecular weight excluding hydrogens is 1070 g/mol. The lowest BCUT2D eigenvalue weighted by Gasteiger charge is -2.28. The number of aromatic hydroxyl groups is 4. The largest absolute Gasteiger partial charge is 0.507 e. The number of hydrogen-bond acceptors (Lipinski definition) is 8. The van der Waals surface area contributed by atoms with Crippen molar-refractivity contribution >= 4 is 23.9 Å². The molecule has 0 unspecified atom stereocenters. The lowest BCUT2D eigenvalue weighted by molar-refractivity contribution is -0.138. The first-order valence-electron chi connectivity index (χ1n) is 29.1. The van der Waals surface area contributed by atoms with Gasteiger partial charge in [-0.25, -0.2) is 0 Å². The zero-order valence-corrected chi connectivity index (χ0v) is 55.5. The SMILES string of the molecule is C.C.C.CC.CC(C)(C)c1cc(CCC(=O)O)cc(C(C)(C)C)c1O.CC(C)(C)c1cc(CCC(=O)O)cc(C(C)(C)C)c1O.CC(C)(C)c1cc(CCC(=O)O)cc(C(C)(C)C)c1O.CC(C)(C)c1cc(CCC(=O)O)cc(C(C)(C)C)c1O. The van der Waals surface area contributed by atoms with Crippen molar-refractivity contribution in [1.82, 2.24) is 0 Å². The maximum absolute atomic E-state index is 10.8. The average Bonchev–Trinajstić information content (AvgIpc) is 3.28. The Labute approximate surface area is 517 Å². The molecule has 4 aromatic rings. The van der Waals surface area contributed by atoms with Crippen molar-refractivity contribution in [1.29, 1.82) is 0 Å². The summed E-state index contributed by atoms with van der Waals surface area (Å²) in [6.45, 7) is 53.2. The molecule has 0 fully saturated rings. The second-order valence-corrected chi connectivity index (χ2v) is 29.7. The van der Waals surface area contributed by atoms with Crippen LogP contribution in [-0.2, 0) is 88.2 Å². The minimum absolute atomic E-state index is 0. The molecule has 0 bridgehead atoms. The minimum Gasteiger partial charge on any atom is -0.507 e. The molecule has 0 aromatic heterocycles. The van der Waals surface area contributed by atoms with Gasteiger partial charge in [-0.15, -0.1) is 0 Å². The number of carboxylic acids is 4. The second kappa shape index (κ2) is 33.2. The van der Waals surface area contributed by atoms with E-state index in [2.05, 4.69) is 166 Å². The minimum atomic E-state index is -0.798. The first-order chi connectivity index (χ1) is 36.7. The highest BCUT2D eigenvalue weighted by Crippen LogP contribution is 2.44. The van der Waals surface area contributed by atoms with Gasteiger partial charge in [-0.1, -0.05) is 251 Å². The van der Waals surface area contributed by atoms with Crippen molar-refractivity contribution < 1.29 is 60.0 Å². The summed E-state index contributed by atoms with van der Waals surface area (Å²) >= 11 is 0. The molecule has 0 atom stereocenters. The van der Waals surface area contributed by atoms with Gasteiger partial charge in [0.05, 0.1) is 0 Å². The highest BCUT2D eigenvalue weighted by Gasteiger charge is 2.31. The molecule has 0 amide bonds. The Hall–Kier alpha value is -6.04. The number of carboxylic acid groups (broad SMARTS) is 4. The Bertz CT molecular complexity index is 2250. The fourth-order valence-corrected chi connectivity index (χ4v) is 8.93. The van der Waals surface area contributed by atoms with Crippen molar-refractivity contribution in [3.05, 3.63) is 115 Å². The van der Waals surface area contributed by atoms with Crippen LogP contribution in [0.1, 0.15) is 295 Å². The highest BCUT2D eigenvalue weighted by atomic mass is 16.4. The molecule has 85 heavy (non-hydrogen) atoms. The second-order valence-electron chi connectivity index (χ2n) is 29.7. The van der Waals surface area contributed by atoms with Crippen LogP contribution < -0.4 is 0 Å². The summed E-state index contributed by atoms with van der Waals surface area (Å²) in [6.07, 6.45) is 2.39. The van der Waals surface area contributed by atoms with Crippen LogP contribution in [0.3, 0.4) is 0 Å². The Morgan fingerprint density at radius 2 is 0.353 bits per heavy atom. The van der Waals surface area contributed by atoms with Crippen molar-refractivity contribution in [3.8, 4) is 23.0 Å². The molecule has 486 valence electrons. The fourth-order valence-electron chi connectivity index (χ4n) is 8.93. The van der Waals surface area contributed by atoms with Gasteiger partial charge >= 0.3 is 23.9 Å². The first kappa shape index (κ1) is 85.4. The van der Waals surface area contributed by atoms with E-state index in [0.717, 1.165) is 66.8 Å². The van der Waals surface area contributed by atoms with Gasteiger partial charge in [0.25, 0.3) is 0 Å². The number of carbonyl (C=O) groups is 4. The summed E-state index contributed by atoms with van der Waals surface area (Å²) in [4.78, 5) is 43.0. The smallest absolute Gasteiger partial charge is 0.303 e. The van der Waals surface area contributed by atoms with Crippen molar-refractivity contribution in [2.75, 3.05) is 0 Å². The van der Waals surface area contributed by atoms with Crippen LogP contribution in [0.5, 0.6) is 23.0 Å². The molecule has 0 aliphatic rings. The van der Waals surface area contributed by atoms with Crippen LogP contribution in [0, 0.1) is 0 Å². The molecule has 0 radical (unpaired) electrons. The molecular formula is C73H122O12. The van der Waals surface area contributed by atoms with Crippen LogP contribution in [0.2, 0.25) is 0 Å². The maximum Gasteiger partial charge on any atom is 0.303 e. The van der Waals surface area contributed by atoms with Gasteiger partial charge in [0.15, 0.2) is 0 Å². The number of phenols is 4. The summed E-state index contributed by atoms with van der Waals surface area (Å²) < 4.78 is 0. The van der Waals surface area contributed by atoms with E-state index in [0.29, 0.717) is 48.7 Å². The van der Waals surface area contributed by atoms with E-state index >= 15 is 0 Å². The number of hydrogen-bond donors (Lipinski definition) is 8. The Kier molecular flexibility index (Phi) is 33.3. The monoisotopic (exact) mass is 1190 g/mol. The van der Waals surface area contributed by atoms with Crippen LogP contribution in [0.25, 0.3) is 0 Å². The Balaban J connectivity index is -0.000000503. The van der Waals surface area contributed by atoms with Crippen LogP contribution >= 0.6 is 0 Å². The van der Waals surface area contributed by atoms with Gasteiger partial charge in [0.1, 0.15) is 23.0 Å². The summed E-state index contributed by atoms with van der Waals surface area (Å²) in [5.41, 5.74) is 9.51. The fraction of sp³-hybridized carbons (Fsp3) is 0.616. The maximum atomic E-state index is 10.8. The van der Waals surface area contributed by atoms with E-state index in [-0.39, 0.29) is 91.3 Å². The van der Waals surface area contributed by atoms with Crippen molar-refractivity contribution in [2.24, 2.45) is 0 Å². The van der Waals surface area contributed by atoms with E-state index in [1.807, 2.05) is 62.4 Å². The quantitative estimate of drug-likeness (QED) is 0.0662. The molecule has 0 spiro atoms. The zero-order valence-electron chi connectivity index (χ0n) is 55.5. The van der Waals surface area contributed by atoms with Crippen LogP contribution in [-0.4, -0.2) is 64.7 Å². The number of phenolic OH excluding ortho intramolecular Hbond substituents is 4. The molecule has 8 N–H and O–H groups in total. The first-order valence-corrected chi connectivity index (χ1v) is 29.1. The average molecular weight is 1190 g/mol. The number of aliphatic carboxylic acids is 4. The topological polar surface area (TPSA) is 230 Å². The van der Waals surface area contributed by atoms with Crippen molar-refractivity contribution in [2.45, 2.75) is 297 Å². The molecule has 4 rings (SSSR count). The van der Waals surface area contributed by atoms with Gasteiger partial charge in [-0.2, -0.15) is 0 Å². The number of benzene rings is 4. The van der Waals surface area contributed by atoms with E-state index in [1.54, 1.807) is 0 Å². The van der Waals surface area contributed by atoms with Crippen molar-refractivity contribution in [3.63, 3.8) is 0 Å². The molecule has 12 heteroatoms. The van der Waals surface area contributed by atoms with Gasteiger partial charge in [-0.3, -0.25) is 19.2 Å². The summed E-state index contributed by atoms with van der Waals surface area (Å²) in [6, 6.07) is 15.5. The van der Waals surface area contributed by atoms with E-state index in [4.69, 9.17) is 20.4 Å². The van der Waals surface area contributed by atoms with Gasteiger partial charge in [-0.05, 0) is 136 Å². The number of aryl methyl sites for hydroxylation is 4. The molecule has 0 aliphatic carbocycles. The third-order valence-electron chi connectivity index (χ3n) is 13.7. The molecule has 4 aromatic carbocycles. The zero-order chi connectivity index (χ0) is 64.9. The summed E-state index contributed by atoms with van der Waals surface area (Å²) in [7, 11) is 0. The predicted octanol–water partition coefficient (Wildman–Crippen LogP) is 19.0. The lowest BCUT2D eigenvalue weighted by Crippen LogP contribution is -2.18. The normalized spacial score (nSPS) is 11.8. The Morgan fingerprint density at radius 1 is 0.259 bits per heavy atom. The summed E-state index contributed by atoms with van der Waals surface area (Å²) in [5.74, 6) is -1.85. The van der Waals surface area contributed by atoms with Gasteiger partial charge < -0.3 is 40.9 Å². The Morgan fingerprint density at radius 3 is 0.424 bits per heavy atom. The lowest BCUT2D eigenvalue weighted by atomic mass is 9.78. The molecule has 12 nitrogen and oxygen atoms in total. The third-order valence-corrected chi connectivity index (χ3v) is 13.7. The third kappa shape index (κ3) is 28.4. The van der Waals surface area contributed by atoms with Gasteiger partial charge in [0, 0.05) is 25.7 Å². The van der Waals surface area contributed by atoms with E-state index < -0.39 is 23.9 Å². The van der Waals surface area contributed by atoms with E-state index in [9.17, 15) is 39.6 Å². The van der Waals surface area contributed by atoms with E-state index in [1.165, 1.54) is 0 Å². The van der Waals surface area contributed by atoms with Crippen LogP contribution in [0.4, 0.5) is 0 Å². The molecule has 0 aliphatic heterocycles. The number of rotatable bonds is 12. The summed E-state index contributed by atoms with van der Waals surface area (Å²) in [5, 5.41) is 77.5. The van der Waals surface area contributed by atoms with Crippen LogP contribution in [0.15, 0.2) is 48.5 Å². The van der Waals surface area contributed by atoms with Gasteiger partial charge in [0.2, 0.25) is 0 Å². The molecule has 0 saturated carbocycles. The standard InChI is InChI=1S/4C17H26O3.C2H6.3CH4/c4*1-16(2,3)12-9-11(7-8-14(18)19)10-13(15(12)20)17(4,5)6;1-2;;;/h4*9-10,20H,7-8H2,1-6H3,(H,18,19);1-2H3;3*1H4. The highest BCUT2D eigenvalue weighted by molar-refractivity contribution is 5.69. The predicted molar refractivity (Wildman–Crippen MR) is 357 cm³/mol. The molecule has 0 saturated heterocycles.